The Morgan fingerprint density at radius 3 is 2.86 bits per heavy atom. The highest BCUT2D eigenvalue weighted by molar-refractivity contribution is 6.34. The molecule has 4 aromatic rings. The highest BCUT2D eigenvalue weighted by atomic mass is 35.5. The Morgan fingerprint density at radius 2 is 2.14 bits per heavy atom. The number of fused-ring (bicyclic) bond motifs is 1. The molecule has 1 saturated heterocycles. The summed E-state index contributed by atoms with van der Waals surface area (Å²) in [6.45, 7) is 3.19. The molecule has 0 spiro atoms. The summed E-state index contributed by atoms with van der Waals surface area (Å²) in [4.78, 5) is 43.7. The van der Waals surface area contributed by atoms with E-state index in [-0.39, 0.29) is 81.2 Å². The van der Waals surface area contributed by atoms with Crippen molar-refractivity contribution < 1.29 is 18.8 Å². The monoisotopic (exact) mass is 593 g/mol. The molecule has 1 aliphatic heterocycles. The lowest BCUT2D eigenvalue weighted by Gasteiger charge is -2.40. The minimum absolute atomic E-state index is 0.0470. The van der Waals surface area contributed by atoms with Gasteiger partial charge in [-0.05, 0) is 55.1 Å². The largest absolute Gasteiger partial charge is 0.355 e. The number of hydrogen-bond acceptors (Lipinski definition) is 6. The predicted molar refractivity (Wildman–Crippen MR) is 166 cm³/mol. The van der Waals surface area contributed by atoms with Gasteiger partial charge in [0.1, 0.15) is 11.6 Å². The summed E-state index contributed by atoms with van der Waals surface area (Å²) in [6, 6.07) is 5.89. The fourth-order valence-electron chi connectivity index (χ4n) is 5.29. The van der Waals surface area contributed by atoms with Gasteiger partial charge in [-0.15, -0.1) is 0 Å². The van der Waals surface area contributed by atoms with Crippen LogP contribution in [0.2, 0.25) is 5.02 Å². The standard InChI is InChI=1S/C32H32ClFN6O2/c1-7-21-10-9-11-24(34)26(21)28-23(33)16-22-30(39-15-14-38(17-20(39)6)25(41)8-2)37-32(42)40(31(22)36-28)29-19(5)12-13-35-27(29)18(3)4/h7-13,16,18,20H,1-2,14-15,17H2,3-6H3/t20-/m0/s1/i1D2,2D,5D3,8D. The van der Waals surface area contributed by atoms with E-state index in [1.165, 1.54) is 41.4 Å². The Hall–Kier alpha value is -4.37. The van der Waals surface area contributed by atoms with Gasteiger partial charge in [0.05, 0.1) is 33.0 Å². The number of anilines is 1. The van der Waals surface area contributed by atoms with E-state index < -0.39 is 42.9 Å². The Labute approximate surface area is 258 Å². The number of nitrogens with zero attached hydrogens (tertiary/aromatic N) is 6. The molecule has 0 N–H and O–H groups in total. The molecule has 0 bridgehead atoms. The van der Waals surface area contributed by atoms with Crippen LogP contribution in [0.5, 0.6) is 0 Å². The van der Waals surface area contributed by atoms with Crippen LogP contribution in [0.25, 0.3) is 34.1 Å². The number of aromatic nitrogens is 4. The maximum Gasteiger partial charge on any atom is 0.355 e. The lowest BCUT2D eigenvalue weighted by molar-refractivity contribution is -0.126. The van der Waals surface area contributed by atoms with Crippen LogP contribution in [0.3, 0.4) is 0 Å². The number of rotatable bonds is 6. The van der Waals surface area contributed by atoms with Gasteiger partial charge in [-0.25, -0.2) is 18.7 Å². The van der Waals surface area contributed by atoms with Crippen molar-refractivity contribution in [2.24, 2.45) is 0 Å². The average Bonchev–Trinajstić information content (AvgIpc) is 3.03. The number of pyridine rings is 2. The highest BCUT2D eigenvalue weighted by Gasteiger charge is 2.30. The molecule has 0 unspecified atom stereocenters. The third kappa shape index (κ3) is 4.98. The molecule has 0 radical (unpaired) electrons. The number of aryl methyl sites for hydroxylation is 1. The van der Waals surface area contributed by atoms with E-state index in [0.717, 1.165) is 10.6 Å². The summed E-state index contributed by atoms with van der Waals surface area (Å²) in [7, 11) is 0. The number of carbonyl (C=O) groups is 1. The van der Waals surface area contributed by atoms with Gasteiger partial charge in [0.2, 0.25) is 5.91 Å². The number of carbonyl (C=O) groups excluding carboxylic acids is 1. The normalized spacial score (nSPS) is 18.5. The summed E-state index contributed by atoms with van der Waals surface area (Å²) in [6.07, 6.45) is 2.47. The Balaban J connectivity index is 1.87. The summed E-state index contributed by atoms with van der Waals surface area (Å²) < 4.78 is 71.9. The van der Waals surface area contributed by atoms with Crippen molar-refractivity contribution in [2.45, 2.75) is 39.6 Å². The zero-order chi connectivity index (χ0) is 35.9. The van der Waals surface area contributed by atoms with Gasteiger partial charge in [0.15, 0.2) is 5.65 Å². The van der Waals surface area contributed by atoms with Crippen molar-refractivity contribution >= 4 is 40.4 Å². The second-order valence-corrected chi connectivity index (χ2v) is 10.7. The van der Waals surface area contributed by atoms with E-state index in [1.54, 1.807) is 25.7 Å². The lowest BCUT2D eigenvalue weighted by atomic mass is 10.0. The first-order valence-electron chi connectivity index (χ1n) is 16.8. The van der Waals surface area contributed by atoms with Gasteiger partial charge in [-0.3, -0.25) is 9.78 Å². The fraction of sp³-hybridized carbons (Fsp3) is 0.281. The molecular formula is C32H32ClFN6O2. The average molecular weight is 594 g/mol. The minimum Gasteiger partial charge on any atom is -0.350 e. The van der Waals surface area contributed by atoms with Crippen molar-refractivity contribution in [1.29, 1.82) is 0 Å². The lowest BCUT2D eigenvalue weighted by Crippen LogP contribution is -2.54. The molecule has 1 aliphatic rings. The van der Waals surface area contributed by atoms with E-state index >= 15 is 4.39 Å². The molecule has 1 fully saturated rings. The molecule has 1 aromatic carbocycles. The molecule has 0 aliphatic carbocycles. The third-order valence-corrected chi connectivity index (χ3v) is 7.56. The second-order valence-electron chi connectivity index (χ2n) is 10.3. The SMILES string of the molecule is [2H]C=C([2H])C(=O)N1CCN(c2nc(=O)n(-c3c(C([2H])([2H])[2H])ccnc3C(C)C)c3nc(-c4c(F)cccc4C=C([2H])[2H])c(Cl)cc23)[C@@H](C)C1. The number of piperazine rings is 1. The summed E-state index contributed by atoms with van der Waals surface area (Å²) >= 11 is 6.83. The Morgan fingerprint density at radius 1 is 1.31 bits per heavy atom. The smallest absolute Gasteiger partial charge is 0.350 e. The van der Waals surface area contributed by atoms with Crippen molar-refractivity contribution in [2.75, 3.05) is 24.5 Å². The van der Waals surface area contributed by atoms with Crippen LogP contribution in [0.4, 0.5) is 10.2 Å². The summed E-state index contributed by atoms with van der Waals surface area (Å²) in [5.41, 5.74) is -1.06. The van der Waals surface area contributed by atoms with E-state index in [2.05, 4.69) is 9.97 Å². The first-order chi connectivity index (χ1) is 23.0. The molecule has 3 aromatic heterocycles. The number of halogens is 2. The number of hydrogen-bond donors (Lipinski definition) is 0. The fourth-order valence-corrected chi connectivity index (χ4v) is 5.53. The van der Waals surface area contributed by atoms with Gasteiger partial charge in [-0.1, -0.05) is 56.7 Å². The van der Waals surface area contributed by atoms with Gasteiger partial charge in [-0.2, -0.15) is 4.98 Å². The zero-order valence-corrected chi connectivity index (χ0v) is 23.9. The van der Waals surface area contributed by atoms with Crippen molar-refractivity contribution in [3.8, 4) is 16.9 Å². The van der Waals surface area contributed by atoms with Crippen LogP contribution in [-0.4, -0.2) is 56.0 Å². The number of amides is 1. The molecule has 5 rings (SSSR count). The van der Waals surface area contributed by atoms with Crippen LogP contribution in [0.15, 0.2) is 60.5 Å². The van der Waals surface area contributed by atoms with Crippen LogP contribution in [-0.2, 0) is 4.79 Å². The molecule has 1 atom stereocenters. The molecule has 4 heterocycles. The van der Waals surface area contributed by atoms with E-state index in [1.807, 2.05) is 0 Å². The number of benzene rings is 1. The van der Waals surface area contributed by atoms with Crippen molar-refractivity contribution in [1.82, 2.24) is 24.4 Å². The molecule has 10 heteroatoms. The quantitative estimate of drug-likeness (QED) is 0.258. The molecule has 1 amide bonds. The van der Waals surface area contributed by atoms with E-state index in [4.69, 9.17) is 26.2 Å². The van der Waals surface area contributed by atoms with Gasteiger partial charge in [0.25, 0.3) is 0 Å². The van der Waals surface area contributed by atoms with Gasteiger partial charge in [0, 0.05) is 41.5 Å². The minimum atomic E-state index is -2.69. The van der Waals surface area contributed by atoms with Crippen LogP contribution in [0, 0.1) is 12.7 Å². The molecule has 216 valence electrons. The highest BCUT2D eigenvalue weighted by Crippen LogP contribution is 2.37. The predicted octanol–water partition coefficient (Wildman–Crippen LogP) is 5.93. The first kappa shape index (κ1) is 21.4. The first-order valence-corrected chi connectivity index (χ1v) is 13.6. The third-order valence-electron chi connectivity index (χ3n) is 7.27. The maximum atomic E-state index is 15.6. The van der Waals surface area contributed by atoms with Crippen LogP contribution >= 0.6 is 11.6 Å². The van der Waals surface area contributed by atoms with Gasteiger partial charge < -0.3 is 9.80 Å². The molecule has 42 heavy (non-hydrogen) atoms. The molecule has 0 saturated carbocycles. The second kappa shape index (κ2) is 11.5. The van der Waals surface area contributed by atoms with Gasteiger partial charge >= 0.3 is 5.69 Å². The van der Waals surface area contributed by atoms with Crippen molar-refractivity contribution in [3.63, 3.8) is 0 Å². The van der Waals surface area contributed by atoms with Crippen LogP contribution in [0.1, 0.15) is 53.1 Å². The van der Waals surface area contributed by atoms with E-state index in [0.29, 0.717) is 6.55 Å². The topological polar surface area (TPSA) is 84.2 Å². The van der Waals surface area contributed by atoms with Crippen molar-refractivity contribution in [3.05, 3.63) is 93.8 Å². The molecule has 8 nitrogen and oxygen atoms in total. The zero-order valence-electron chi connectivity index (χ0n) is 30.2. The van der Waals surface area contributed by atoms with Crippen LogP contribution < -0.4 is 10.6 Å². The molecular weight excluding hydrogens is 555 g/mol. The summed E-state index contributed by atoms with van der Waals surface area (Å²) in [5, 5.41) is 0.168. The maximum absolute atomic E-state index is 15.6. The summed E-state index contributed by atoms with van der Waals surface area (Å²) in [5.74, 6) is -1.59. The van der Waals surface area contributed by atoms with E-state index in [9.17, 15) is 9.59 Å². The Kier molecular flexibility index (Phi) is 5.84. The Bertz CT molecular complexity index is 2080.